The van der Waals surface area contributed by atoms with Crippen LogP contribution in [0.15, 0.2) is 24.3 Å². The second-order valence-corrected chi connectivity index (χ2v) is 8.36. The first-order chi connectivity index (χ1) is 16.3. The van der Waals surface area contributed by atoms with Gasteiger partial charge in [0.2, 0.25) is 23.6 Å². The maximum absolute atomic E-state index is 12.9. The fraction of sp³-hybridized carbons (Fsp3) is 0.500. The standard InChI is InChI=1S/C22H33N5O8/c1-11(2)18(21(33)26-16(10-28)22(34)35)27-20(32)15(7-8-17(24)30)25-19(31)14(23)9-12-3-5-13(29)6-4-12/h3-6,11,14-16,18,28-29H,7-10,23H2,1-2H3,(H2,24,30)(H,25,31)(H,26,33)(H,27,32)(H,34,35). The molecule has 0 bridgehead atoms. The van der Waals surface area contributed by atoms with Gasteiger partial charge in [-0.1, -0.05) is 26.0 Å². The predicted octanol–water partition coefficient (Wildman–Crippen LogP) is -2.29. The zero-order valence-corrected chi connectivity index (χ0v) is 19.6. The zero-order chi connectivity index (χ0) is 26.7. The van der Waals surface area contributed by atoms with E-state index in [1.165, 1.54) is 12.1 Å². The van der Waals surface area contributed by atoms with E-state index in [4.69, 9.17) is 21.7 Å². The van der Waals surface area contributed by atoms with Gasteiger partial charge in [0.25, 0.3) is 0 Å². The summed E-state index contributed by atoms with van der Waals surface area (Å²) >= 11 is 0. The maximum Gasteiger partial charge on any atom is 0.328 e. The number of aliphatic hydroxyl groups excluding tert-OH is 1. The quantitative estimate of drug-likeness (QED) is 0.138. The lowest BCUT2D eigenvalue weighted by Gasteiger charge is -2.26. The average Bonchev–Trinajstić information content (AvgIpc) is 2.78. The number of aliphatic hydroxyl groups is 1. The van der Waals surface area contributed by atoms with Crippen molar-refractivity contribution in [2.45, 2.75) is 57.3 Å². The van der Waals surface area contributed by atoms with Gasteiger partial charge in [-0.2, -0.15) is 0 Å². The molecular weight excluding hydrogens is 462 g/mol. The number of aliphatic carboxylic acids is 1. The Kier molecular flexibility index (Phi) is 11.6. The van der Waals surface area contributed by atoms with Gasteiger partial charge in [0.15, 0.2) is 0 Å². The lowest BCUT2D eigenvalue weighted by atomic mass is 10.0. The number of carboxylic acids is 1. The van der Waals surface area contributed by atoms with Gasteiger partial charge in [-0.15, -0.1) is 0 Å². The molecule has 1 rings (SSSR count). The third-order valence-electron chi connectivity index (χ3n) is 5.09. The molecule has 1 aromatic rings. The van der Waals surface area contributed by atoms with E-state index in [1.54, 1.807) is 26.0 Å². The fourth-order valence-corrected chi connectivity index (χ4v) is 3.05. The molecular formula is C22H33N5O8. The molecule has 0 aliphatic rings. The monoisotopic (exact) mass is 495 g/mol. The molecule has 35 heavy (non-hydrogen) atoms. The molecule has 0 aliphatic heterocycles. The topological polar surface area (TPSA) is 234 Å². The number of hydrogen-bond donors (Lipinski definition) is 8. The first-order valence-corrected chi connectivity index (χ1v) is 10.9. The number of aromatic hydroxyl groups is 1. The second-order valence-electron chi connectivity index (χ2n) is 8.36. The van der Waals surface area contributed by atoms with Crippen molar-refractivity contribution in [1.29, 1.82) is 0 Å². The number of primary amides is 1. The summed E-state index contributed by atoms with van der Waals surface area (Å²) in [5.74, 6) is -4.96. The lowest BCUT2D eigenvalue weighted by molar-refractivity contribution is -0.143. The van der Waals surface area contributed by atoms with Crippen LogP contribution >= 0.6 is 0 Å². The van der Waals surface area contributed by atoms with E-state index in [2.05, 4.69) is 16.0 Å². The van der Waals surface area contributed by atoms with Crippen molar-refractivity contribution in [2.75, 3.05) is 6.61 Å². The van der Waals surface area contributed by atoms with Gasteiger partial charge in [0.05, 0.1) is 12.6 Å². The number of carbonyl (C=O) groups is 5. The van der Waals surface area contributed by atoms with Crippen molar-refractivity contribution < 1.29 is 39.3 Å². The minimum atomic E-state index is -1.57. The van der Waals surface area contributed by atoms with Crippen LogP contribution in [0.3, 0.4) is 0 Å². The fourth-order valence-electron chi connectivity index (χ4n) is 3.05. The molecule has 10 N–H and O–H groups in total. The average molecular weight is 496 g/mol. The Balaban J connectivity index is 2.94. The van der Waals surface area contributed by atoms with Crippen LogP contribution in [0.5, 0.6) is 5.75 Å². The molecule has 1 aromatic carbocycles. The minimum Gasteiger partial charge on any atom is -0.508 e. The Morgan fingerprint density at radius 2 is 1.49 bits per heavy atom. The molecule has 4 atom stereocenters. The summed E-state index contributed by atoms with van der Waals surface area (Å²) in [5, 5.41) is 34.6. The van der Waals surface area contributed by atoms with Gasteiger partial charge in [-0.3, -0.25) is 19.2 Å². The van der Waals surface area contributed by atoms with Crippen LogP contribution in [-0.2, 0) is 30.4 Å². The van der Waals surface area contributed by atoms with Gasteiger partial charge in [-0.05, 0) is 36.5 Å². The molecule has 194 valence electrons. The first-order valence-electron chi connectivity index (χ1n) is 10.9. The van der Waals surface area contributed by atoms with E-state index in [1.807, 2.05) is 0 Å². The van der Waals surface area contributed by atoms with E-state index >= 15 is 0 Å². The molecule has 13 nitrogen and oxygen atoms in total. The van der Waals surface area contributed by atoms with Crippen molar-refractivity contribution in [3.8, 4) is 5.75 Å². The van der Waals surface area contributed by atoms with Crippen molar-refractivity contribution in [3.63, 3.8) is 0 Å². The summed E-state index contributed by atoms with van der Waals surface area (Å²) in [7, 11) is 0. The van der Waals surface area contributed by atoms with E-state index < -0.39 is 66.3 Å². The second kappa shape index (κ2) is 13.9. The van der Waals surface area contributed by atoms with Gasteiger partial charge in [0.1, 0.15) is 23.9 Å². The Labute approximate surface area is 202 Å². The van der Waals surface area contributed by atoms with Crippen LogP contribution < -0.4 is 27.4 Å². The summed E-state index contributed by atoms with van der Waals surface area (Å²) in [6, 6.07) is 0.956. The van der Waals surface area contributed by atoms with Gasteiger partial charge in [-0.25, -0.2) is 4.79 Å². The molecule has 0 saturated heterocycles. The molecule has 0 saturated carbocycles. The van der Waals surface area contributed by atoms with E-state index in [-0.39, 0.29) is 25.0 Å². The van der Waals surface area contributed by atoms with Crippen LogP contribution in [-0.4, -0.2) is 75.7 Å². The largest absolute Gasteiger partial charge is 0.508 e. The number of rotatable bonds is 14. The predicted molar refractivity (Wildman–Crippen MR) is 124 cm³/mol. The molecule has 0 aliphatic carbocycles. The first kappa shape index (κ1) is 29.3. The molecule has 13 heteroatoms. The molecule has 0 fully saturated rings. The normalized spacial score (nSPS) is 14.3. The molecule has 4 unspecified atom stereocenters. The molecule has 0 heterocycles. The number of phenols is 1. The van der Waals surface area contributed by atoms with Gasteiger partial charge in [0, 0.05) is 6.42 Å². The van der Waals surface area contributed by atoms with Crippen LogP contribution in [0.25, 0.3) is 0 Å². The third kappa shape index (κ3) is 9.98. The number of nitrogens with one attached hydrogen (secondary N) is 3. The Morgan fingerprint density at radius 3 is 1.97 bits per heavy atom. The molecule has 0 spiro atoms. The highest BCUT2D eigenvalue weighted by atomic mass is 16.4. The molecule has 0 aromatic heterocycles. The van der Waals surface area contributed by atoms with E-state index in [9.17, 15) is 29.1 Å². The lowest BCUT2D eigenvalue weighted by Crippen LogP contribution is -2.59. The van der Waals surface area contributed by atoms with Crippen LogP contribution in [0.4, 0.5) is 0 Å². The van der Waals surface area contributed by atoms with E-state index in [0.717, 1.165) is 0 Å². The summed E-state index contributed by atoms with van der Waals surface area (Å²) < 4.78 is 0. The third-order valence-corrected chi connectivity index (χ3v) is 5.09. The van der Waals surface area contributed by atoms with Crippen LogP contribution in [0.2, 0.25) is 0 Å². The molecule has 4 amide bonds. The zero-order valence-electron chi connectivity index (χ0n) is 19.6. The number of amides is 4. The number of hydrogen-bond acceptors (Lipinski definition) is 8. The summed E-state index contributed by atoms with van der Waals surface area (Å²) in [4.78, 5) is 60.5. The summed E-state index contributed by atoms with van der Waals surface area (Å²) in [6.07, 6.45) is -0.305. The summed E-state index contributed by atoms with van der Waals surface area (Å²) in [5.41, 5.74) is 11.8. The SMILES string of the molecule is CC(C)C(NC(=O)C(CCC(N)=O)NC(=O)C(N)Cc1ccc(O)cc1)C(=O)NC(CO)C(=O)O. The van der Waals surface area contributed by atoms with Crippen LogP contribution in [0.1, 0.15) is 32.3 Å². The maximum atomic E-state index is 12.9. The van der Waals surface area contributed by atoms with Crippen molar-refractivity contribution in [3.05, 3.63) is 29.8 Å². The number of nitrogens with two attached hydrogens (primary N) is 2. The van der Waals surface area contributed by atoms with Crippen LogP contribution in [0, 0.1) is 5.92 Å². The summed E-state index contributed by atoms with van der Waals surface area (Å²) in [6.45, 7) is 2.35. The number of carboxylic acid groups (broad SMARTS) is 1. The van der Waals surface area contributed by atoms with Crippen molar-refractivity contribution in [2.24, 2.45) is 17.4 Å². The highest BCUT2D eigenvalue weighted by molar-refractivity contribution is 5.94. The smallest absolute Gasteiger partial charge is 0.328 e. The van der Waals surface area contributed by atoms with Crippen molar-refractivity contribution in [1.82, 2.24) is 16.0 Å². The van der Waals surface area contributed by atoms with E-state index in [0.29, 0.717) is 5.56 Å². The van der Waals surface area contributed by atoms with Crippen molar-refractivity contribution >= 4 is 29.6 Å². The number of benzene rings is 1. The Hall–Kier alpha value is -3.71. The number of phenolic OH excluding ortho intramolecular Hbond substituents is 1. The Bertz CT molecular complexity index is 906. The molecule has 0 radical (unpaired) electrons. The Morgan fingerprint density at radius 1 is 0.914 bits per heavy atom. The minimum absolute atomic E-state index is 0.0485. The highest BCUT2D eigenvalue weighted by Crippen LogP contribution is 2.11. The van der Waals surface area contributed by atoms with Gasteiger partial charge < -0.3 is 42.7 Å². The number of carbonyl (C=O) groups excluding carboxylic acids is 4. The highest BCUT2D eigenvalue weighted by Gasteiger charge is 2.31. The van der Waals surface area contributed by atoms with Gasteiger partial charge >= 0.3 is 5.97 Å².